The molecule has 0 bridgehead atoms. The molecule has 1 aliphatic carbocycles. The fraction of sp³-hybridized carbons (Fsp3) is 0. The molecule has 10 nitrogen and oxygen atoms in total. The Labute approximate surface area is 203 Å². The summed E-state index contributed by atoms with van der Waals surface area (Å²) in [7, 11) is 0. The highest BCUT2D eigenvalue weighted by molar-refractivity contribution is 6.32. The van der Waals surface area contributed by atoms with Crippen LogP contribution in [-0.4, -0.2) is 21.4 Å². The van der Waals surface area contributed by atoms with E-state index in [1.54, 1.807) is 36.4 Å². The van der Waals surface area contributed by atoms with Gasteiger partial charge in [0.25, 0.3) is 11.4 Å². The van der Waals surface area contributed by atoms with Gasteiger partial charge in [-0.2, -0.15) is 0 Å². The average molecular weight is 480 g/mol. The maximum atomic E-state index is 13.5. The Hall–Kier alpha value is -5.38. The van der Waals surface area contributed by atoms with Crippen molar-refractivity contribution in [2.45, 2.75) is 0 Å². The second kappa shape index (κ2) is 8.76. The molecular weight excluding hydrogens is 464 g/mol. The summed E-state index contributed by atoms with van der Waals surface area (Å²) in [5.41, 5.74) is 2.42. The van der Waals surface area contributed by atoms with E-state index >= 15 is 0 Å². The van der Waals surface area contributed by atoms with Crippen molar-refractivity contribution in [2.24, 2.45) is 0 Å². The van der Waals surface area contributed by atoms with Gasteiger partial charge in [0.15, 0.2) is 11.6 Å². The molecule has 0 heterocycles. The number of nitro groups is 2. The quantitative estimate of drug-likeness (QED) is 0.230. The van der Waals surface area contributed by atoms with Crippen molar-refractivity contribution in [3.8, 4) is 0 Å². The van der Waals surface area contributed by atoms with Crippen LogP contribution < -0.4 is 10.6 Å². The molecule has 0 saturated heterocycles. The fourth-order valence-electron chi connectivity index (χ4n) is 4.08. The molecule has 0 atom stereocenters. The van der Waals surface area contributed by atoms with Crippen molar-refractivity contribution in [3.63, 3.8) is 0 Å². The molecule has 0 aliphatic heterocycles. The molecule has 1 aliphatic rings. The predicted octanol–water partition coefficient (Wildman–Crippen LogP) is 5.77. The molecule has 36 heavy (non-hydrogen) atoms. The smallest absolute Gasteiger partial charge is 0.269 e. The van der Waals surface area contributed by atoms with Crippen LogP contribution >= 0.6 is 0 Å². The molecule has 0 fully saturated rings. The molecule has 4 aromatic rings. The van der Waals surface area contributed by atoms with Crippen molar-refractivity contribution in [3.05, 3.63) is 127 Å². The largest absolute Gasteiger partial charge is 0.355 e. The lowest BCUT2D eigenvalue weighted by atomic mass is 9.82. The minimum atomic E-state index is -0.510. The van der Waals surface area contributed by atoms with Crippen LogP contribution in [0.1, 0.15) is 31.8 Å². The molecule has 0 unspecified atom stereocenters. The molecule has 0 amide bonds. The van der Waals surface area contributed by atoms with E-state index in [0.717, 1.165) is 0 Å². The number of nitro benzene ring substituents is 2. The SMILES string of the molecule is O=C1c2ccccc2C(=O)c2c(Nc3ccc([N+](=O)[O-])cc3)ccc(Nc3ccc([N+](=O)[O-])cc3)c21. The van der Waals surface area contributed by atoms with Gasteiger partial charge in [0.1, 0.15) is 0 Å². The summed E-state index contributed by atoms with van der Waals surface area (Å²) in [4.78, 5) is 48.0. The number of ketones is 2. The van der Waals surface area contributed by atoms with Crippen LogP contribution in [0.25, 0.3) is 0 Å². The van der Waals surface area contributed by atoms with Gasteiger partial charge in [0.05, 0.1) is 32.3 Å². The van der Waals surface area contributed by atoms with Crippen LogP contribution in [0.3, 0.4) is 0 Å². The lowest BCUT2D eigenvalue weighted by Gasteiger charge is -2.24. The normalized spacial score (nSPS) is 11.9. The Morgan fingerprint density at radius 1 is 0.528 bits per heavy atom. The minimum Gasteiger partial charge on any atom is -0.355 e. The maximum absolute atomic E-state index is 13.5. The number of hydrogen-bond donors (Lipinski definition) is 2. The Kier molecular flexibility index (Phi) is 5.46. The van der Waals surface area contributed by atoms with Crippen molar-refractivity contribution in [2.75, 3.05) is 10.6 Å². The Morgan fingerprint density at radius 2 is 0.889 bits per heavy atom. The lowest BCUT2D eigenvalue weighted by Crippen LogP contribution is -2.23. The minimum absolute atomic E-state index is 0.0783. The summed E-state index contributed by atoms with van der Waals surface area (Å²) in [6.07, 6.45) is 0. The number of hydrogen-bond acceptors (Lipinski definition) is 8. The molecule has 0 aromatic heterocycles. The number of nitrogens with one attached hydrogen (secondary N) is 2. The van der Waals surface area contributed by atoms with Gasteiger partial charge in [-0.1, -0.05) is 24.3 Å². The van der Waals surface area contributed by atoms with E-state index < -0.39 is 9.85 Å². The van der Waals surface area contributed by atoms with E-state index in [4.69, 9.17) is 0 Å². The number of anilines is 4. The third kappa shape index (κ3) is 3.92. The molecule has 4 aromatic carbocycles. The van der Waals surface area contributed by atoms with E-state index in [9.17, 15) is 29.8 Å². The highest BCUT2D eigenvalue weighted by atomic mass is 16.6. The first-order chi connectivity index (χ1) is 17.3. The summed E-state index contributed by atoms with van der Waals surface area (Å²) in [6.45, 7) is 0. The van der Waals surface area contributed by atoms with Crippen LogP contribution in [0.2, 0.25) is 0 Å². The van der Waals surface area contributed by atoms with Crippen LogP contribution in [-0.2, 0) is 0 Å². The summed E-state index contributed by atoms with van der Waals surface area (Å²) < 4.78 is 0. The topological polar surface area (TPSA) is 144 Å². The molecule has 2 N–H and O–H groups in total. The van der Waals surface area contributed by atoms with E-state index in [0.29, 0.717) is 22.7 Å². The third-order valence-electron chi connectivity index (χ3n) is 5.79. The van der Waals surface area contributed by atoms with Crippen LogP contribution in [0, 0.1) is 20.2 Å². The molecule has 176 valence electrons. The van der Waals surface area contributed by atoms with Gasteiger partial charge in [0, 0.05) is 46.8 Å². The number of rotatable bonds is 6. The van der Waals surface area contributed by atoms with Gasteiger partial charge < -0.3 is 10.6 Å². The summed E-state index contributed by atoms with van der Waals surface area (Å²) in [6, 6.07) is 21.2. The fourth-order valence-corrected chi connectivity index (χ4v) is 4.08. The van der Waals surface area contributed by atoms with Gasteiger partial charge in [-0.3, -0.25) is 29.8 Å². The number of fused-ring (bicyclic) bond motifs is 2. The van der Waals surface area contributed by atoms with E-state index in [2.05, 4.69) is 10.6 Å². The molecule has 10 heteroatoms. The van der Waals surface area contributed by atoms with Crippen LogP contribution in [0.5, 0.6) is 0 Å². The number of carbonyl (C=O) groups excluding carboxylic acids is 2. The molecular formula is C26H16N4O6. The summed E-state index contributed by atoms with van der Waals surface area (Å²) in [5, 5.41) is 28.1. The van der Waals surface area contributed by atoms with E-state index in [1.165, 1.54) is 48.5 Å². The first kappa shape index (κ1) is 22.4. The number of carbonyl (C=O) groups is 2. The van der Waals surface area contributed by atoms with E-state index in [1.807, 2.05) is 0 Å². The summed E-state index contributed by atoms with van der Waals surface area (Å²) in [5.74, 6) is -0.700. The number of nitrogens with zero attached hydrogens (tertiary/aromatic N) is 2. The highest BCUT2D eigenvalue weighted by Crippen LogP contribution is 2.38. The summed E-state index contributed by atoms with van der Waals surface area (Å²) >= 11 is 0. The van der Waals surface area contributed by atoms with Crippen molar-refractivity contribution < 1.29 is 19.4 Å². The van der Waals surface area contributed by atoms with Gasteiger partial charge in [0.2, 0.25) is 0 Å². The zero-order valence-corrected chi connectivity index (χ0v) is 18.4. The van der Waals surface area contributed by atoms with Crippen LogP contribution in [0.4, 0.5) is 34.1 Å². The Bertz CT molecular complexity index is 1450. The molecule has 0 spiro atoms. The third-order valence-corrected chi connectivity index (χ3v) is 5.79. The van der Waals surface area contributed by atoms with Crippen molar-refractivity contribution in [1.82, 2.24) is 0 Å². The second-order valence-electron chi connectivity index (χ2n) is 7.97. The molecule has 0 radical (unpaired) electrons. The first-order valence-corrected chi connectivity index (χ1v) is 10.7. The molecule has 5 rings (SSSR count). The lowest BCUT2D eigenvalue weighted by molar-refractivity contribution is -0.385. The van der Waals surface area contributed by atoms with Gasteiger partial charge in [-0.15, -0.1) is 0 Å². The first-order valence-electron chi connectivity index (χ1n) is 10.7. The monoisotopic (exact) mass is 480 g/mol. The second-order valence-corrected chi connectivity index (χ2v) is 7.97. The van der Waals surface area contributed by atoms with E-state index in [-0.39, 0.29) is 45.2 Å². The Balaban J connectivity index is 1.60. The van der Waals surface area contributed by atoms with Crippen molar-refractivity contribution >= 4 is 45.7 Å². The average Bonchev–Trinajstić information content (AvgIpc) is 2.88. The van der Waals surface area contributed by atoms with Gasteiger partial charge in [-0.05, 0) is 36.4 Å². The van der Waals surface area contributed by atoms with Gasteiger partial charge in [-0.25, -0.2) is 0 Å². The predicted molar refractivity (Wildman–Crippen MR) is 133 cm³/mol. The molecule has 0 saturated carbocycles. The van der Waals surface area contributed by atoms with Crippen LogP contribution in [0.15, 0.2) is 84.9 Å². The number of non-ortho nitro benzene ring substituents is 2. The van der Waals surface area contributed by atoms with Gasteiger partial charge >= 0.3 is 0 Å². The van der Waals surface area contributed by atoms with Crippen molar-refractivity contribution in [1.29, 1.82) is 0 Å². The zero-order valence-electron chi connectivity index (χ0n) is 18.4. The Morgan fingerprint density at radius 3 is 1.22 bits per heavy atom. The maximum Gasteiger partial charge on any atom is 0.269 e. The standard InChI is InChI=1S/C26H16N4O6/c31-25-19-3-1-2-4-20(19)26(32)24-22(28-16-7-11-18(12-8-16)30(35)36)14-13-21(23(24)25)27-15-5-9-17(10-6-15)29(33)34/h1-14,27-28H. The highest BCUT2D eigenvalue weighted by Gasteiger charge is 2.34. The zero-order chi connectivity index (χ0) is 25.4. The number of benzene rings is 4.